The number of methoxy groups -OCH3 is 1. The molecule has 10 nitrogen and oxygen atoms in total. The second kappa shape index (κ2) is 12.2. The first-order valence-corrected chi connectivity index (χ1v) is 13.8. The normalized spacial score (nSPS) is 13.3. The molecule has 214 valence electrons. The molecule has 0 atom stereocenters. The van der Waals surface area contributed by atoms with E-state index in [2.05, 4.69) is 9.88 Å². The van der Waals surface area contributed by atoms with Crippen LogP contribution in [0.5, 0.6) is 17.2 Å². The van der Waals surface area contributed by atoms with E-state index in [4.69, 9.17) is 14.2 Å². The lowest BCUT2D eigenvalue weighted by atomic mass is 10.1. The zero-order valence-corrected chi connectivity index (χ0v) is 23.5. The fraction of sp³-hybridized carbons (Fsp3) is 0.323. The third kappa shape index (κ3) is 5.91. The van der Waals surface area contributed by atoms with Crippen molar-refractivity contribution in [2.75, 3.05) is 51.4 Å². The van der Waals surface area contributed by atoms with Gasteiger partial charge in [0.25, 0.3) is 11.5 Å². The molecule has 0 radical (unpaired) electrons. The van der Waals surface area contributed by atoms with Gasteiger partial charge in [0, 0.05) is 43.5 Å². The summed E-state index contributed by atoms with van der Waals surface area (Å²) in [5.74, 6) is 1.69. The quantitative estimate of drug-likeness (QED) is 0.335. The number of fused-ring (bicyclic) bond motifs is 1. The van der Waals surface area contributed by atoms with E-state index in [9.17, 15) is 14.4 Å². The van der Waals surface area contributed by atoms with E-state index in [1.807, 2.05) is 43.0 Å². The van der Waals surface area contributed by atoms with E-state index in [1.54, 1.807) is 43.5 Å². The van der Waals surface area contributed by atoms with Crippen molar-refractivity contribution in [3.05, 3.63) is 92.6 Å². The van der Waals surface area contributed by atoms with Gasteiger partial charge < -0.3 is 29.0 Å². The smallest absolute Gasteiger partial charge is 0.329 e. The van der Waals surface area contributed by atoms with Crippen molar-refractivity contribution in [2.24, 2.45) is 0 Å². The van der Waals surface area contributed by atoms with Crippen molar-refractivity contribution < 1.29 is 19.0 Å². The van der Waals surface area contributed by atoms with Crippen molar-refractivity contribution in [3.8, 4) is 17.2 Å². The summed E-state index contributed by atoms with van der Waals surface area (Å²) in [4.78, 5) is 46.2. The van der Waals surface area contributed by atoms with Gasteiger partial charge in [0.1, 0.15) is 5.75 Å². The van der Waals surface area contributed by atoms with E-state index >= 15 is 0 Å². The fourth-order valence-electron chi connectivity index (χ4n) is 5.02. The standard InChI is InChI=1S/C31H34N4O6/c1-4-40-27-18-25-26(19-28(27)41-5-2)32-31(38)35(30(25)37)20-21-6-8-22(9-7-21)29(36)34-16-14-33(15-17-34)23-10-12-24(39-3)13-11-23/h6-13,18-19H,4-5,14-17,20H2,1-3H3,(H,32,38). The Morgan fingerprint density at radius 1 is 0.854 bits per heavy atom. The maximum Gasteiger partial charge on any atom is 0.329 e. The first-order chi connectivity index (χ1) is 19.9. The van der Waals surface area contributed by atoms with E-state index in [-0.39, 0.29) is 12.5 Å². The van der Waals surface area contributed by atoms with Gasteiger partial charge >= 0.3 is 5.69 Å². The number of H-pyrrole nitrogens is 1. The summed E-state index contributed by atoms with van der Waals surface area (Å²) in [5, 5.41) is 0.331. The van der Waals surface area contributed by atoms with E-state index in [0.717, 1.165) is 34.7 Å². The largest absolute Gasteiger partial charge is 0.497 e. The minimum atomic E-state index is -0.524. The Hall–Kier alpha value is -4.73. The van der Waals surface area contributed by atoms with Crippen LogP contribution in [-0.2, 0) is 6.54 Å². The number of benzene rings is 3. The van der Waals surface area contributed by atoms with Crippen LogP contribution >= 0.6 is 0 Å². The van der Waals surface area contributed by atoms with Gasteiger partial charge in [-0.25, -0.2) is 4.79 Å². The molecule has 0 saturated carbocycles. The molecule has 1 aromatic heterocycles. The number of ether oxygens (including phenoxy) is 3. The Labute approximate surface area is 237 Å². The molecular weight excluding hydrogens is 524 g/mol. The van der Waals surface area contributed by atoms with Gasteiger partial charge in [-0.2, -0.15) is 0 Å². The van der Waals surface area contributed by atoms with Crippen molar-refractivity contribution in [1.82, 2.24) is 14.5 Å². The molecule has 41 heavy (non-hydrogen) atoms. The molecule has 3 aromatic carbocycles. The molecule has 0 bridgehead atoms. The van der Waals surface area contributed by atoms with Crippen molar-refractivity contribution in [3.63, 3.8) is 0 Å². The number of nitrogens with zero attached hydrogens (tertiary/aromatic N) is 3. The Morgan fingerprint density at radius 2 is 1.49 bits per heavy atom. The van der Waals surface area contributed by atoms with Gasteiger partial charge in [-0.1, -0.05) is 12.1 Å². The van der Waals surface area contributed by atoms with Gasteiger partial charge in [-0.15, -0.1) is 0 Å². The second-order valence-electron chi connectivity index (χ2n) is 9.71. The lowest BCUT2D eigenvalue weighted by Crippen LogP contribution is -2.48. The summed E-state index contributed by atoms with van der Waals surface area (Å²) in [7, 11) is 1.65. The van der Waals surface area contributed by atoms with Crippen LogP contribution in [-0.4, -0.2) is 66.9 Å². The molecule has 10 heteroatoms. The Morgan fingerprint density at radius 3 is 2.10 bits per heavy atom. The molecule has 4 aromatic rings. The van der Waals surface area contributed by atoms with Gasteiger partial charge in [-0.05, 0) is 61.9 Å². The lowest BCUT2D eigenvalue weighted by molar-refractivity contribution is 0.0746. The second-order valence-corrected chi connectivity index (χ2v) is 9.71. The maximum absolute atomic E-state index is 13.3. The third-order valence-corrected chi connectivity index (χ3v) is 7.19. The number of rotatable bonds is 9. The number of aromatic amines is 1. The molecule has 0 unspecified atom stereocenters. The molecule has 0 aliphatic carbocycles. The van der Waals surface area contributed by atoms with Crippen LogP contribution in [0.25, 0.3) is 10.9 Å². The molecular formula is C31H34N4O6. The van der Waals surface area contributed by atoms with Crippen molar-refractivity contribution in [2.45, 2.75) is 20.4 Å². The molecule has 1 saturated heterocycles. The number of aromatic nitrogens is 2. The molecule has 1 amide bonds. The lowest BCUT2D eigenvalue weighted by Gasteiger charge is -2.36. The van der Waals surface area contributed by atoms with E-state index < -0.39 is 11.2 Å². The zero-order valence-electron chi connectivity index (χ0n) is 23.5. The monoisotopic (exact) mass is 558 g/mol. The first kappa shape index (κ1) is 27.8. The number of amides is 1. The van der Waals surface area contributed by atoms with E-state index in [0.29, 0.717) is 54.3 Å². The van der Waals surface area contributed by atoms with Crippen LogP contribution in [0.2, 0.25) is 0 Å². The zero-order chi connectivity index (χ0) is 28.9. The summed E-state index contributed by atoms with van der Waals surface area (Å²) >= 11 is 0. The first-order valence-electron chi connectivity index (χ1n) is 13.8. The predicted octanol–water partition coefficient (Wildman–Crippen LogP) is 3.51. The minimum Gasteiger partial charge on any atom is -0.497 e. The van der Waals surface area contributed by atoms with Gasteiger partial charge in [-0.3, -0.25) is 14.2 Å². The fourth-order valence-corrected chi connectivity index (χ4v) is 5.02. The highest BCUT2D eigenvalue weighted by molar-refractivity contribution is 5.94. The molecule has 2 heterocycles. The summed E-state index contributed by atoms with van der Waals surface area (Å²) < 4.78 is 17.7. The molecule has 1 aliphatic rings. The van der Waals surface area contributed by atoms with Crippen LogP contribution in [0.1, 0.15) is 29.8 Å². The number of nitrogens with one attached hydrogen (secondary N) is 1. The topological polar surface area (TPSA) is 106 Å². The highest BCUT2D eigenvalue weighted by Gasteiger charge is 2.22. The van der Waals surface area contributed by atoms with Crippen LogP contribution in [0, 0.1) is 0 Å². The molecule has 1 fully saturated rings. The SMILES string of the molecule is CCOc1cc2[nH]c(=O)n(Cc3ccc(C(=O)N4CCN(c5ccc(OC)cc5)CC4)cc3)c(=O)c2cc1OCC. The summed E-state index contributed by atoms with van der Waals surface area (Å²) in [6, 6.07) is 18.2. The predicted molar refractivity (Wildman–Crippen MR) is 158 cm³/mol. The van der Waals surface area contributed by atoms with Crippen LogP contribution in [0.15, 0.2) is 70.3 Å². The number of carbonyl (C=O) groups is 1. The highest BCUT2D eigenvalue weighted by Crippen LogP contribution is 2.30. The summed E-state index contributed by atoms with van der Waals surface area (Å²) in [6.45, 7) is 7.30. The van der Waals surface area contributed by atoms with Gasteiger partial charge in [0.2, 0.25) is 0 Å². The number of hydrogen-bond donors (Lipinski definition) is 1. The number of piperazine rings is 1. The number of anilines is 1. The Bertz CT molecular complexity index is 1640. The Kier molecular flexibility index (Phi) is 8.28. The van der Waals surface area contributed by atoms with Gasteiger partial charge in [0.05, 0.1) is 37.8 Å². The average Bonchev–Trinajstić information content (AvgIpc) is 3.00. The van der Waals surface area contributed by atoms with Crippen LogP contribution in [0.4, 0.5) is 5.69 Å². The van der Waals surface area contributed by atoms with Gasteiger partial charge in [0.15, 0.2) is 11.5 Å². The van der Waals surface area contributed by atoms with E-state index in [1.165, 1.54) is 0 Å². The molecule has 0 spiro atoms. The maximum atomic E-state index is 13.3. The summed E-state index contributed by atoms with van der Waals surface area (Å²) in [6.07, 6.45) is 0. The third-order valence-electron chi connectivity index (χ3n) is 7.19. The van der Waals surface area contributed by atoms with Crippen molar-refractivity contribution in [1.29, 1.82) is 0 Å². The number of hydrogen-bond acceptors (Lipinski definition) is 7. The van der Waals surface area contributed by atoms with Crippen LogP contribution < -0.4 is 30.4 Å². The van der Waals surface area contributed by atoms with Crippen molar-refractivity contribution >= 4 is 22.5 Å². The molecule has 1 N–H and O–H groups in total. The average molecular weight is 559 g/mol. The highest BCUT2D eigenvalue weighted by atomic mass is 16.5. The summed E-state index contributed by atoms with van der Waals surface area (Å²) in [5.41, 5.74) is 1.83. The molecule has 1 aliphatic heterocycles. The number of carbonyl (C=O) groups excluding carboxylic acids is 1. The van der Waals surface area contributed by atoms with Crippen LogP contribution in [0.3, 0.4) is 0 Å². The minimum absolute atomic E-state index is 0.0415. The molecule has 5 rings (SSSR count). The Balaban J connectivity index is 1.28.